The lowest BCUT2D eigenvalue weighted by Gasteiger charge is -2.38. The van der Waals surface area contributed by atoms with Crippen molar-refractivity contribution in [3.05, 3.63) is 24.3 Å². The first-order valence-corrected chi connectivity index (χ1v) is 8.22. The van der Waals surface area contributed by atoms with Gasteiger partial charge in [0.2, 0.25) is 0 Å². The summed E-state index contributed by atoms with van der Waals surface area (Å²) in [5.41, 5.74) is 1.09. The highest BCUT2D eigenvalue weighted by molar-refractivity contribution is 7.80. The SMILES string of the molecule is Oc1cccc(N2CCN(C(=S)NC3CCCC3)CC2)c1. The maximum atomic E-state index is 9.58. The maximum absolute atomic E-state index is 9.58. The number of aromatic hydroxyl groups is 1. The Balaban J connectivity index is 1.51. The fraction of sp³-hybridized carbons (Fsp3) is 0.562. The molecule has 114 valence electrons. The van der Waals surface area contributed by atoms with Crippen LogP contribution < -0.4 is 10.2 Å². The van der Waals surface area contributed by atoms with E-state index in [2.05, 4.69) is 15.1 Å². The van der Waals surface area contributed by atoms with Gasteiger partial charge in [-0.3, -0.25) is 0 Å². The molecule has 1 saturated carbocycles. The van der Waals surface area contributed by atoms with Crippen LogP contribution in [-0.2, 0) is 0 Å². The molecule has 2 N–H and O–H groups in total. The molecule has 1 aromatic rings. The summed E-state index contributed by atoms with van der Waals surface area (Å²) in [6, 6.07) is 8.06. The highest BCUT2D eigenvalue weighted by atomic mass is 32.1. The van der Waals surface area contributed by atoms with Gasteiger partial charge in [0.25, 0.3) is 0 Å². The van der Waals surface area contributed by atoms with Gasteiger partial charge < -0.3 is 20.2 Å². The number of nitrogens with zero attached hydrogens (tertiary/aromatic N) is 2. The van der Waals surface area contributed by atoms with Crippen LogP contribution in [0, 0.1) is 0 Å². The first-order valence-electron chi connectivity index (χ1n) is 7.82. The number of benzene rings is 1. The minimum absolute atomic E-state index is 0.327. The van der Waals surface area contributed by atoms with E-state index in [1.54, 1.807) is 6.07 Å². The molecule has 0 unspecified atom stereocenters. The average Bonchev–Trinajstić information content (AvgIpc) is 3.00. The van der Waals surface area contributed by atoms with Crippen molar-refractivity contribution < 1.29 is 5.11 Å². The molecule has 1 saturated heterocycles. The molecule has 2 fully saturated rings. The molecule has 2 aliphatic rings. The molecular weight excluding hydrogens is 282 g/mol. The third-order valence-corrected chi connectivity index (χ3v) is 4.82. The zero-order valence-electron chi connectivity index (χ0n) is 12.3. The standard InChI is InChI=1S/C16H23N3OS/c20-15-7-3-6-14(12-15)18-8-10-19(11-9-18)16(21)17-13-4-1-2-5-13/h3,6-7,12-13,20H,1-2,4-5,8-11H2,(H,17,21). The van der Waals surface area contributed by atoms with Gasteiger partial charge in [-0.1, -0.05) is 18.9 Å². The molecule has 3 rings (SSSR count). The number of rotatable bonds is 2. The van der Waals surface area contributed by atoms with Gasteiger partial charge in [-0.05, 0) is 37.2 Å². The molecule has 1 heterocycles. The van der Waals surface area contributed by atoms with E-state index in [-0.39, 0.29) is 0 Å². The van der Waals surface area contributed by atoms with Crippen molar-refractivity contribution in [1.29, 1.82) is 0 Å². The van der Waals surface area contributed by atoms with Crippen molar-refractivity contribution in [2.24, 2.45) is 0 Å². The Labute approximate surface area is 131 Å². The second-order valence-electron chi connectivity index (χ2n) is 5.92. The van der Waals surface area contributed by atoms with Gasteiger partial charge in [0, 0.05) is 44.0 Å². The largest absolute Gasteiger partial charge is 0.508 e. The van der Waals surface area contributed by atoms with Gasteiger partial charge in [0.05, 0.1) is 0 Å². The predicted molar refractivity (Wildman–Crippen MR) is 89.9 cm³/mol. The summed E-state index contributed by atoms with van der Waals surface area (Å²) in [6.07, 6.45) is 5.16. The summed E-state index contributed by atoms with van der Waals surface area (Å²) >= 11 is 5.54. The monoisotopic (exact) mass is 305 g/mol. The van der Waals surface area contributed by atoms with E-state index >= 15 is 0 Å². The summed E-state index contributed by atoms with van der Waals surface area (Å²) in [6.45, 7) is 3.76. The lowest BCUT2D eigenvalue weighted by atomic mass is 10.2. The normalized spacial score (nSPS) is 19.8. The molecule has 1 aliphatic carbocycles. The molecule has 4 nitrogen and oxygen atoms in total. The van der Waals surface area contributed by atoms with Crippen LogP contribution in [0.15, 0.2) is 24.3 Å². The number of nitrogens with one attached hydrogen (secondary N) is 1. The van der Waals surface area contributed by atoms with Crippen molar-refractivity contribution in [2.75, 3.05) is 31.1 Å². The fourth-order valence-electron chi connectivity index (χ4n) is 3.19. The lowest BCUT2D eigenvalue weighted by Crippen LogP contribution is -2.53. The number of anilines is 1. The van der Waals surface area contributed by atoms with E-state index in [9.17, 15) is 5.11 Å². The molecule has 5 heteroatoms. The van der Waals surface area contributed by atoms with Gasteiger partial charge in [-0.2, -0.15) is 0 Å². The molecule has 0 radical (unpaired) electrons. The summed E-state index contributed by atoms with van der Waals surface area (Å²) in [7, 11) is 0. The minimum Gasteiger partial charge on any atom is -0.508 e. The van der Waals surface area contributed by atoms with Gasteiger partial charge in [-0.25, -0.2) is 0 Å². The van der Waals surface area contributed by atoms with Crippen LogP contribution in [0.1, 0.15) is 25.7 Å². The Morgan fingerprint density at radius 2 is 1.86 bits per heavy atom. The van der Waals surface area contributed by atoms with Gasteiger partial charge in [-0.15, -0.1) is 0 Å². The molecule has 21 heavy (non-hydrogen) atoms. The number of thiocarbonyl (C=S) groups is 1. The van der Waals surface area contributed by atoms with Crippen molar-refractivity contribution in [3.63, 3.8) is 0 Å². The zero-order chi connectivity index (χ0) is 14.7. The Morgan fingerprint density at radius 1 is 1.14 bits per heavy atom. The topological polar surface area (TPSA) is 38.7 Å². The second kappa shape index (κ2) is 6.52. The van der Waals surface area contributed by atoms with Crippen LogP contribution in [0.4, 0.5) is 5.69 Å². The van der Waals surface area contributed by atoms with Gasteiger partial charge >= 0.3 is 0 Å². The summed E-state index contributed by atoms with van der Waals surface area (Å²) < 4.78 is 0. The van der Waals surface area contributed by atoms with Crippen LogP contribution in [-0.4, -0.2) is 47.3 Å². The smallest absolute Gasteiger partial charge is 0.169 e. The number of piperazine rings is 1. The third kappa shape index (κ3) is 3.59. The summed E-state index contributed by atoms with van der Waals surface area (Å²) in [5.74, 6) is 0.327. The zero-order valence-corrected chi connectivity index (χ0v) is 13.1. The molecular formula is C16H23N3OS. The summed E-state index contributed by atoms with van der Waals surface area (Å²) in [4.78, 5) is 4.57. The van der Waals surface area contributed by atoms with Crippen LogP contribution in [0.3, 0.4) is 0 Å². The Morgan fingerprint density at radius 3 is 2.52 bits per heavy atom. The van der Waals surface area contributed by atoms with E-state index in [1.165, 1.54) is 25.7 Å². The minimum atomic E-state index is 0.327. The van der Waals surface area contributed by atoms with Crippen molar-refractivity contribution in [2.45, 2.75) is 31.7 Å². The van der Waals surface area contributed by atoms with E-state index in [1.807, 2.05) is 18.2 Å². The van der Waals surface area contributed by atoms with E-state index < -0.39 is 0 Å². The molecule has 1 aliphatic heterocycles. The Kier molecular flexibility index (Phi) is 4.48. The van der Waals surface area contributed by atoms with Crippen LogP contribution >= 0.6 is 12.2 Å². The van der Waals surface area contributed by atoms with Crippen molar-refractivity contribution >= 4 is 23.0 Å². The van der Waals surface area contributed by atoms with Gasteiger partial charge in [0.1, 0.15) is 5.75 Å². The molecule has 0 spiro atoms. The lowest BCUT2D eigenvalue weighted by molar-refractivity contribution is 0.374. The highest BCUT2D eigenvalue weighted by Gasteiger charge is 2.22. The predicted octanol–water partition coefficient (Wildman–Crippen LogP) is 2.33. The molecule has 0 bridgehead atoms. The third-order valence-electron chi connectivity index (χ3n) is 4.44. The van der Waals surface area contributed by atoms with Crippen molar-refractivity contribution in [3.8, 4) is 5.75 Å². The van der Waals surface area contributed by atoms with Crippen LogP contribution in [0.25, 0.3) is 0 Å². The average molecular weight is 305 g/mol. The van der Waals surface area contributed by atoms with Crippen molar-refractivity contribution in [1.82, 2.24) is 10.2 Å². The summed E-state index contributed by atoms with van der Waals surface area (Å²) in [5, 5.41) is 14.0. The number of hydrogen-bond acceptors (Lipinski definition) is 3. The van der Waals surface area contributed by atoms with Crippen LogP contribution in [0.5, 0.6) is 5.75 Å². The maximum Gasteiger partial charge on any atom is 0.169 e. The first-order chi connectivity index (χ1) is 10.2. The molecule has 0 amide bonds. The van der Waals surface area contributed by atoms with E-state index in [0.29, 0.717) is 11.8 Å². The Hall–Kier alpha value is -1.49. The van der Waals surface area contributed by atoms with E-state index in [4.69, 9.17) is 12.2 Å². The Bertz CT molecular complexity index is 494. The fourth-order valence-corrected chi connectivity index (χ4v) is 3.54. The second-order valence-corrected chi connectivity index (χ2v) is 6.31. The van der Waals surface area contributed by atoms with E-state index in [0.717, 1.165) is 37.0 Å². The number of hydrogen-bond donors (Lipinski definition) is 2. The molecule has 1 aromatic carbocycles. The first kappa shape index (κ1) is 14.4. The number of phenolic OH excluding ortho intramolecular Hbond substituents is 1. The highest BCUT2D eigenvalue weighted by Crippen LogP contribution is 2.22. The number of phenols is 1. The van der Waals surface area contributed by atoms with Gasteiger partial charge in [0.15, 0.2) is 5.11 Å². The molecule has 0 aromatic heterocycles. The molecule has 0 atom stereocenters. The quantitative estimate of drug-likeness (QED) is 0.821. The van der Waals surface area contributed by atoms with Crippen LogP contribution in [0.2, 0.25) is 0 Å².